The summed E-state index contributed by atoms with van der Waals surface area (Å²) in [6.07, 6.45) is 0. The van der Waals surface area contributed by atoms with Crippen LogP contribution in [0.2, 0.25) is 0 Å². The van der Waals surface area contributed by atoms with E-state index in [1.54, 1.807) is 0 Å². The van der Waals surface area contributed by atoms with Crippen LogP contribution in [0.15, 0.2) is 53.0 Å². The summed E-state index contributed by atoms with van der Waals surface area (Å²) in [6, 6.07) is 13.6. The molecule has 3 rings (SSSR count). The molecule has 1 N–H and O–H groups in total. The van der Waals surface area contributed by atoms with E-state index in [0.29, 0.717) is 12.1 Å². The normalized spacial score (nSPS) is 10.1. The van der Waals surface area contributed by atoms with Crippen LogP contribution in [0.25, 0.3) is 10.8 Å². The molecule has 0 aromatic heterocycles. The molecular weight excluding hydrogens is 438 g/mol. The molecule has 0 saturated carbocycles. The van der Waals surface area contributed by atoms with Gasteiger partial charge in [0.2, 0.25) is 0 Å². The summed E-state index contributed by atoms with van der Waals surface area (Å²) in [5, 5.41) is 42.8. The lowest BCUT2D eigenvalue weighted by molar-refractivity contribution is -0.404. The number of rotatable bonds is 3. The minimum absolute atomic E-state index is 0.447. The SMILES string of the molecule is Cc1cc(Br)c2ccccc2c1.O=[N+]([O-])c1cc([N+](=O)[O-])c(O)c([N+](=O)[O-])c1. The zero-order valence-corrected chi connectivity index (χ0v) is 15.8. The average molecular weight is 450 g/mol. The van der Waals surface area contributed by atoms with Gasteiger partial charge < -0.3 is 5.11 Å². The first-order valence-corrected chi connectivity index (χ1v) is 8.36. The van der Waals surface area contributed by atoms with E-state index in [0.717, 1.165) is 0 Å². The standard InChI is InChI=1S/C11H9Br.C6H3N3O7/c1-8-6-9-4-2-3-5-10(9)11(12)7-8;10-6-4(8(13)14)1-3(7(11)12)2-5(6)9(15)16/h2-7H,1H3;1-2,10H. The lowest BCUT2D eigenvalue weighted by Gasteiger charge is -2.01. The third-order valence-electron chi connectivity index (χ3n) is 3.61. The van der Waals surface area contributed by atoms with Gasteiger partial charge in [0.05, 0.1) is 26.9 Å². The van der Waals surface area contributed by atoms with Gasteiger partial charge in [0.15, 0.2) is 0 Å². The first kappa shape index (κ1) is 20.7. The van der Waals surface area contributed by atoms with E-state index in [1.165, 1.54) is 20.8 Å². The first-order valence-electron chi connectivity index (χ1n) is 7.57. The Morgan fingerprint density at radius 2 is 1.39 bits per heavy atom. The summed E-state index contributed by atoms with van der Waals surface area (Å²) >= 11 is 3.55. The summed E-state index contributed by atoms with van der Waals surface area (Å²) in [5.41, 5.74) is -1.71. The van der Waals surface area contributed by atoms with Gasteiger partial charge in [-0.2, -0.15) is 0 Å². The van der Waals surface area contributed by atoms with Gasteiger partial charge in [-0.05, 0) is 29.3 Å². The number of hydrogen-bond acceptors (Lipinski definition) is 7. The number of halogens is 1. The van der Waals surface area contributed by atoms with Gasteiger partial charge in [0.25, 0.3) is 11.4 Å². The molecule has 0 amide bonds. The Bertz CT molecular complexity index is 1070. The highest BCUT2D eigenvalue weighted by atomic mass is 79.9. The molecule has 0 aliphatic carbocycles. The number of benzene rings is 3. The summed E-state index contributed by atoms with van der Waals surface area (Å²) < 4.78 is 1.18. The quantitative estimate of drug-likeness (QED) is 0.434. The molecule has 11 heteroatoms. The lowest BCUT2D eigenvalue weighted by atomic mass is 10.1. The largest absolute Gasteiger partial charge is 0.497 e. The highest BCUT2D eigenvalue weighted by molar-refractivity contribution is 9.10. The zero-order chi connectivity index (χ0) is 21.0. The van der Waals surface area contributed by atoms with Gasteiger partial charge in [-0.15, -0.1) is 0 Å². The molecule has 0 fully saturated rings. The van der Waals surface area contributed by atoms with Crippen LogP contribution >= 0.6 is 15.9 Å². The molecule has 0 aliphatic heterocycles. The number of nitro benzene ring substituents is 3. The Morgan fingerprint density at radius 1 is 0.857 bits per heavy atom. The Kier molecular flexibility index (Phi) is 6.21. The van der Waals surface area contributed by atoms with Crippen LogP contribution < -0.4 is 0 Å². The van der Waals surface area contributed by atoms with E-state index in [2.05, 4.69) is 59.3 Å². The predicted molar refractivity (Wildman–Crippen MR) is 104 cm³/mol. The van der Waals surface area contributed by atoms with Crippen LogP contribution in [0.3, 0.4) is 0 Å². The van der Waals surface area contributed by atoms with E-state index in [-0.39, 0.29) is 0 Å². The molecule has 0 aliphatic rings. The number of nitrogens with zero attached hydrogens (tertiary/aromatic N) is 3. The minimum atomic E-state index is -1.21. The lowest BCUT2D eigenvalue weighted by Crippen LogP contribution is -1.97. The van der Waals surface area contributed by atoms with Gasteiger partial charge in [0, 0.05) is 4.47 Å². The summed E-state index contributed by atoms with van der Waals surface area (Å²) in [5.74, 6) is -1.21. The molecular formula is C17H12BrN3O7. The van der Waals surface area contributed by atoms with Crippen molar-refractivity contribution < 1.29 is 19.9 Å². The second-order valence-electron chi connectivity index (χ2n) is 5.57. The number of fused-ring (bicyclic) bond motifs is 1. The van der Waals surface area contributed by atoms with Crippen LogP contribution in [0, 0.1) is 37.3 Å². The first-order chi connectivity index (χ1) is 13.1. The van der Waals surface area contributed by atoms with Crippen molar-refractivity contribution in [1.82, 2.24) is 0 Å². The number of aromatic hydroxyl groups is 1. The highest BCUT2D eigenvalue weighted by Crippen LogP contribution is 2.38. The smallest absolute Gasteiger partial charge is 0.324 e. The van der Waals surface area contributed by atoms with Crippen molar-refractivity contribution in [3.05, 3.63) is 88.9 Å². The molecule has 0 spiro atoms. The molecule has 144 valence electrons. The summed E-state index contributed by atoms with van der Waals surface area (Å²) in [4.78, 5) is 27.8. The maximum atomic E-state index is 10.4. The number of phenolic OH excluding ortho intramolecular Hbond substituents is 1. The van der Waals surface area contributed by atoms with Crippen LogP contribution in [-0.4, -0.2) is 19.9 Å². The van der Waals surface area contributed by atoms with Crippen molar-refractivity contribution in [3.8, 4) is 5.75 Å². The van der Waals surface area contributed by atoms with Crippen LogP contribution in [0.4, 0.5) is 17.1 Å². The molecule has 3 aromatic carbocycles. The maximum absolute atomic E-state index is 10.4. The summed E-state index contributed by atoms with van der Waals surface area (Å²) in [7, 11) is 0. The fourth-order valence-corrected chi connectivity index (χ4v) is 3.10. The van der Waals surface area contributed by atoms with E-state index >= 15 is 0 Å². The molecule has 28 heavy (non-hydrogen) atoms. The average Bonchev–Trinajstić information content (AvgIpc) is 2.61. The third-order valence-corrected chi connectivity index (χ3v) is 4.27. The maximum Gasteiger partial charge on any atom is 0.324 e. The van der Waals surface area contributed by atoms with Crippen molar-refractivity contribution in [1.29, 1.82) is 0 Å². The second kappa shape index (κ2) is 8.39. The fourth-order valence-electron chi connectivity index (χ4n) is 2.38. The predicted octanol–water partition coefficient (Wildman–Crippen LogP) is 5.03. The van der Waals surface area contributed by atoms with E-state index in [4.69, 9.17) is 5.11 Å². The van der Waals surface area contributed by atoms with Gasteiger partial charge in [-0.1, -0.05) is 46.3 Å². The second-order valence-corrected chi connectivity index (χ2v) is 6.43. The topological polar surface area (TPSA) is 150 Å². The van der Waals surface area contributed by atoms with Crippen LogP contribution in [-0.2, 0) is 0 Å². The van der Waals surface area contributed by atoms with Crippen LogP contribution in [0.1, 0.15) is 5.56 Å². The highest BCUT2D eigenvalue weighted by Gasteiger charge is 2.30. The zero-order valence-electron chi connectivity index (χ0n) is 14.2. The van der Waals surface area contributed by atoms with Gasteiger partial charge in [-0.25, -0.2) is 0 Å². The third kappa shape index (κ3) is 4.57. The van der Waals surface area contributed by atoms with Crippen molar-refractivity contribution in [2.45, 2.75) is 6.92 Å². The fraction of sp³-hybridized carbons (Fsp3) is 0.0588. The van der Waals surface area contributed by atoms with Crippen molar-refractivity contribution in [3.63, 3.8) is 0 Å². The summed E-state index contributed by atoms with van der Waals surface area (Å²) in [6.45, 7) is 2.11. The van der Waals surface area contributed by atoms with Crippen molar-refractivity contribution in [2.24, 2.45) is 0 Å². The molecule has 0 bridgehead atoms. The van der Waals surface area contributed by atoms with Gasteiger partial charge >= 0.3 is 11.4 Å². The Balaban J connectivity index is 0.000000207. The number of hydrogen-bond donors (Lipinski definition) is 1. The molecule has 0 heterocycles. The van der Waals surface area contributed by atoms with Crippen LogP contribution in [0.5, 0.6) is 5.75 Å². The van der Waals surface area contributed by atoms with E-state index < -0.39 is 37.6 Å². The number of aryl methyl sites for hydroxylation is 1. The van der Waals surface area contributed by atoms with E-state index in [9.17, 15) is 30.3 Å². The number of non-ortho nitro benzene ring substituents is 1. The molecule has 0 unspecified atom stereocenters. The molecule has 10 nitrogen and oxygen atoms in total. The van der Waals surface area contributed by atoms with Crippen molar-refractivity contribution >= 4 is 43.8 Å². The molecule has 3 aromatic rings. The molecule has 0 saturated heterocycles. The molecule has 0 atom stereocenters. The number of nitro groups is 3. The number of phenols is 1. The Hall–Kier alpha value is -3.60. The Labute approximate surface area is 165 Å². The Morgan fingerprint density at radius 3 is 1.89 bits per heavy atom. The minimum Gasteiger partial charge on any atom is -0.497 e. The molecule has 0 radical (unpaired) electrons. The van der Waals surface area contributed by atoms with Gasteiger partial charge in [-0.3, -0.25) is 30.3 Å². The monoisotopic (exact) mass is 449 g/mol. The van der Waals surface area contributed by atoms with Gasteiger partial charge in [0.1, 0.15) is 0 Å². The van der Waals surface area contributed by atoms with Crippen molar-refractivity contribution in [2.75, 3.05) is 0 Å². The van der Waals surface area contributed by atoms with E-state index in [1.807, 2.05) is 0 Å².